The number of hydrogen-bond donors (Lipinski definition) is 1. The lowest BCUT2D eigenvalue weighted by atomic mass is 10.2. The summed E-state index contributed by atoms with van der Waals surface area (Å²) in [6, 6.07) is 7.30. The molecule has 1 aromatic carbocycles. The largest absolute Gasteiger partial charge is 0.382 e. The van der Waals surface area contributed by atoms with Crippen LogP contribution in [0.5, 0.6) is 0 Å². The van der Waals surface area contributed by atoms with Gasteiger partial charge in [-0.3, -0.25) is 4.98 Å². The highest BCUT2D eigenvalue weighted by molar-refractivity contribution is 7.91. The molecule has 6 heteroatoms. The second-order valence-electron chi connectivity index (χ2n) is 4.16. The van der Waals surface area contributed by atoms with E-state index in [4.69, 9.17) is 11.6 Å². The van der Waals surface area contributed by atoms with Gasteiger partial charge in [-0.25, -0.2) is 8.42 Å². The van der Waals surface area contributed by atoms with Crippen molar-refractivity contribution in [2.24, 2.45) is 0 Å². The summed E-state index contributed by atoms with van der Waals surface area (Å²) in [6.45, 7) is 2.01. The SMILES string of the molecule is CCS(=O)(=O)CCNc1ccc(Cl)c2cccnc12. The first-order valence-corrected chi connectivity index (χ1v) is 8.21. The van der Waals surface area contributed by atoms with Gasteiger partial charge in [0.1, 0.15) is 0 Å². The number of nitrogens with zero attached hydrogens (tertiary/aromatic N) is 1. The minimum atomic E-state index is -2.96. The molecule has 102 valence electrons. The van der Waals surface area contributed by atoms with Crippen molar-refractivity contribution in [3.63, 3.8) is 0 Å². The Labute approximate surface area is 117 Å². The molecule has 1 heterocycles. The summed E-state index contributed by atoms with van der Waals surface area (Å²) in [5, 5.41) is 4.59. The molecule has 0 aliphatic rings. The molecule has 0 saturated carbocycles. The van der Waals surface area contributed by atoms with E-state index >= 15 is 0 Å². The minimum absolute atomic E-state index is 0.112. The van der Waals surface area contributed by atoms with Gasteiger partial charge in [-0.2, -0.15) is 0 Å². The highest BCUT2D eigenvalue weighted by Crippen LogP contribution is 2.27. The number of pyridine rings is 1. The van der Waals surface area contributed by atoms with E-state index in [-0.39, 0.29) is 11.5 Å². The van der Waals surface area contributed by atoms with Crippen LogP contribution < -0.4 is 5.32 Å². The maximum absolute atomic E-state index is 11.4. The first-order chi connectivity index (χ1) is 9.03. The Kier molecular flexibility index (Phi) is 4.27. The predicted molar refractivity (Wildman–Crippen MR) is 79.6 cm³/mol. The smallest absolute Gasteiger partial charge is 0.151 e. The zero-order valence-electron chi connectivity index (χ0n) is 10.6. The van der Waals surface area contributed by atoms with E-state index in [0.717, 1.165) is 16.6 Å². The third-order valence-electron chi connectivity index (χ3n) is 2.88. The average molecular weight is 299 g/mol. The molecule has 0 fully saturated rings. The molecule has 1 N–H and O–H groups in total. The predicted octanol–water partition coefficient (Wildman–Crippen LogP) is 2.73. The Balaban J connectivity index is 2.20. The molecule has 4 nitrogen and oxygen atoms in total. The highest BCUT2D eigenvalue weighted by atomic mass is 35.5. The number of nitrogens with one attached hydrogen (secondary N) is 1. The van der Waals surface area contributed by atoms with Crippen molar-refractivity contribution in [2.45, 2.75) is 6.92 Å². The van der Waals surface area contributed by atoms with E-state index in [1.54, 1.807) is 19.2 Å². The maximum atomic E-state index is 11.4. The van der Waals surface area contributed by atoms with Crippen LogP contribution in [0.2, 0.25) is 5.02 Å². The van der Waals surface area contributed by atoms with Gasteiger partial charge in [0.25, 0.3) is 0 Å². The van der Waals surface area contributed by atoms with Gasteiger partial charge in [0.15, 0.2) is 9.84 Å². The van der Waals surface area contributed by atoms with Gasteiger partial charge < -0.3 is 5.32 Å². The van der Waals surface area contributed by atoms with Crippen molar-refractivity contribution in [1.29, 1.82) is 0 Å². The fourth-order valence-corrected chi connectivity index (χ4v) is 2.68. The molecule has 0 spiro atoms. The number of hydrogen-bond acceptors (Lipinski definition) is 4. The Bertz CT molecular complexity index is 686. The van der Waals surface area contributed by atoms with E-state index in [1.807, 2.05) is 18.2 Å². The molecule has 0 aliphatic heterocycles. The third kappa shape index (κ3) is 3.36. The number of fused-ring (bicyclic) bond motifs is 1. The van der Waals surface area contributed by atoms with Gasteiger partial charge in [-0.1, -0.05) is 18.5 Å². The van der Waals surface area contributed by atoms with Crippen LogP contribution in [-0.2, 0) is 9.84 Å². The first-order valence-electron chi connectivity index (χ1n) is 6.01. The third-order valence-corrected chi connectivity index (χ3v) is 4.92. The quantitative estimate of drug-likeness (QED) is 0.922. The number of halogens is 1. The van der Waals surface area contributed by atoms with Gasteiger partial charge in [-0.05, 0) is 24.3 Å². The Morgan fingerprint density at radius 2 is 2.11 bits per heavy atom. The van der Waals surface area contributed by atoms with Crippen LogP contribution in [0.1, 0.15) is 6.92 Å². The van der Waals surface area contributed by atoms with Crippen LogP contribution in [0.3, 0.4) is 0 Å². The zero-order valence-corrected chi connectivity index (χ0v) is 12.1. The summed E-state index contributed by atoms with van der Waals surface area (Å²) in [4.78, 5) is 4.28. The minimum Gasteiger partial charge on any atom is -0.382 e. The van der Waals surface area contributed by atoms with E-state index in [0.29, 0.717) is 11.6 Å². The number of aromatic nitrogens is 1. The number of anilines is 1. The van der Waals surface area contributed by atoms with E-state index < -0.39 is 9.84 Å². The van der Waals surface area contributed by atoms with Crippen LogP contribution in [0.15, 0.2) is 30.5 Å². The normalized spacial score (nSPS) is 11.7. The van der Waals surface area contributed by atoms with E-state index in [1.165, 1.54) is 0 Å². The highest BCUT2D eigenvalue weighted by Gasteiger charge is 2.08. The van der Waals surface area contributed by atoms with E-state index in [9.17, 15) is 8.42 Å². The van der Waals surface area contributed by atoms with Gasteiger partial charge in [0.2, 0.25) is 0 Å². The molecule has 1 aromatic heterocycles. The van der Waals surface area contributed by atoms with Crippen molar-refractivity contribution in [3.8, 4) is 0 Å². The molecule has 0 unspecified atom stereocenters. The van der Waals surface area contributed by atoms with Crippen LogP contribution in [-0.4, -0.2) is 31.5 Å². The lowest BCUT2D eigenvalue weighted by molar-refractivity contribution is 0.597. The first kappa shape index (κ1) is 14.1. The number of sulfone groups is 1. The fraction of sp³-hybridized carbons (Fsp3) is 0.308. The summed E-state index contributed by atoms with van der Waals surface area (Å²) in [6.07, 6.45) is 1.69. The Morgan fingerprint density at radius 3 is 2.84 bits per heavy atom. The molecule has 0 atom stereocenters. The van der Waals surface area contributed by atoms with Crippen molar-refractivity contribution < 1.29 is 8.42 Å². The van der Waals surface area contributed by atoms with E-state index in [2.05, 4.69) is 10.3 Å². The molecule has 2 rings (SSSR count). The molecule has 0 radical (unpaired) electrons. The summed E-state index contributed by atoms with van der Waals surface area (Å²) < 4.78 is 22.9. The van der Waals surface area contributed by atoms with Crippen molar-refractivity contribution in [1.82, 2.24) is 4.98 Å². The molecule has 2 aromatic rings. The average Bonchev–Trinajstić information content (AvgIpc) is 2.42. The van der Waals surface area contributed by atoms with Crippen LogP contribution >= 0.6 is 11.6 Å². The summed E-state index contributed by atoms with van der Waals surface area (Å²) in [7, 11) is -2.96. The second-order valence-corrected chi connectivity index (χ2v) is 7.04. The molecule has 0 saturated heterocycles. The topological polar surface area (TPSA) is 59.1 Å². The summed E-state index contributed by atoms with van der Waals surface area (Å²) >= 11 is 6.09. The van der Waals surface area contributed by atoms with Crippen LogP contribution in [0.25, 0.3) is 10.9 Å². The standard InChI is InChI=1S/C13H15ClN2O2S/c1-2-19(17,18)9-8-15-12-6-5-11(14)10-4-3-7-16-13(10)12/h3-7,15H,2,8-9H2,1H3. The van der Waals surface area contributed by atoms with Crippen LogP contribution in [0, 0.1) is 0 Å². The van der Waals surface area contributed by atoms with Gasteiger partial charge in [-0.15, -0.1) is 0 Å². The number of benzene rings is 1. The Morgan fingerprint density at radius 1 is 1.32 bits per heavy atom. The molecule has 19 heavy (non-hydrogen) atoms. The number of rotatable bonds is 5. The second kappa shape index (κ2) is 5.75. The van der Waals surface area contributed by atoms with Gasteiger partial charge in [0, 0.05) is 23.9 Å². The molecule has 0 bridgehead atoms. The zero-order chi connectivity index (χ0) is 13.9. The van der Waals surface area contributed by atoms with Crippen molar-refractivity contribution >= 4 is 38.0 Å². The monoisotopic (exact) mass is 298 g/mol. The van der Waals surface area contributed by atoms with Gasteiger partial charge in [0.05, 0.1) is 22.0 Å². The fourth-order valence-electron chi connectivity index (χ4n) is 1.77. The van der Waals surface area contributed by atoms with Crippen LogP contribution in [0.4, 0.5) is 5.69 Å². The summed E-state index contributed by atoms with van der Waals surface area (Å²) in [5.74, 6) is 0.273. The Hall–Kier alpha value is -1.33. The summed E-state index contributed by atoms with van der Waals surface area (Å²) in [5.41, 5.74) is 1.55. The lowest BCUT2D eigenvalue weighted by Crippen LogP contribution is -2.17. The lowest BCUT2D eigenvalue weighted by Gasteiger charge is -2.09. The van der Waals surface area contributed by atoms with Gasteiger partial charge >= 0.3 is 0 Å². The molecule has 0 aliphatic carbocycles. The van der Waals surface area contributed by atoms with Crippen molar-refractivity contribution in [3.05, 3.63) is 35.5 Å². The molecule has 0 amide bonds. The van der Waals surface area contributed by atoms with Crippen molar-refractivity contribution in [2.75, 3.05) is 23.4 Å². The maximum Gasteiger partial charge on any atom is 0.151 e. The molecular formula is C13H15ClN2O2S. The molecular weight excluding hydrogens is 284 g/mol.